The molecule has 1 aliphatic rings. The molecule has 1 fully saturated rings. The summed E-state index contributed by atoms with van der Waals surface area (Å²) in [6.45, 7) is -0.515. The molecule has 0 spiro atoms. The molecule has 9 nitrogen and oxygen atoms in total. The molecule has 2 aromatic carbocycles. The van der Waals surface area contributed by atoms with Crippen molar-refractivity contribution in [3.8, 4) is 17.2 Å². The van der Waals surface area contributed by atoms with E-state index < -0.39 is 37.1 Å². The molecule has 0 saturated carbocycles. The molecule has 162 valence electrons. The van der Waals surface area contributed by atoms with Gasteiger partial charge in [-0.05, 0) is 42.0 Å². The Morgan fingerprint density at radius 3 is 2.33 bits per heavy atom. The summed E-state index contributed by atoms with van der Waals surface area (Å²) in [5, 5.41) is 42.3. The summed E-state index contributed by atoms with van der Waals surface area (Å²) in [4.78, 5) is 11.7. The highest BCUT2D eigenvalue weighted by Gasteiger charge is 2.44. The number of methoxy groups -OCH3 is 1. The second-order valence-electron chi connectivity index (χ2n) is 6.87. The number of hydrogen-bond acceptors (Lipinski definition) is 8. The summed E-state index contributed by atoms with van der Waals surface area (Å²) in [5.41, 5.74) is 0.941. The van der Waals surface area contributed by atoms with Gasteiger partial charge in [0.05, 0.1) is 13.7 Å². The van der Waals surface area contributed by atoms with Gasteiger partial charge in [-0.3, -0.25) is 4.79 Å². The molecule has 0 aromatic heterocycles. The number of nitrogens with one attached hydrogen (secondary N) is 1. The Morgan fingerprint density at radius 1 is 1.03 bits per heavy atom. The third-order valence-electron chi connectivity index (χ3n) is 4.98. The maximum absolute atomic E-state index is 11.7. The van der Waals surface area contributed by atoms with Crippen LogP contribution >= 0.6 is 0 Å². The van der Waals surface area contributed by atoms with E-state index in [4.69, 9.17) is 14.2 Å². The second kappa shape index (κ2) is 9.41. The Labute approximate surface area is 173 Å². The molecule has 5 N–H and O–H groups in total. The van der Waals surface area contributed by atoms with Crippen LogP contribution in [0, 0.1) is 0 Å². The number of aliphatic hydroxyl groups excluding tert-OH is 4. The third-order valence-corrected chi connectivity index (χ3v) is 4.98. The van der Waals surface area contributed by atoms with Gasteiger partial charge in [0.25, 0.3) is 5.91 Å². The van der Waals surface area contributed by atoms with E-state index in [2.05, 4.69) is 5.32 Å². The molecule has 0 bridgehead atoms. The zero-order valence-electron chi connectivity index (χ0n) is 16.6. The fourth-order valence-electron chi connectivity index (χ4n) is 3.27. The maximum Gasteiger partial charge on any atom is 0.251 e. The van der Waals surface area contributed by atoms with Crippen LogP contribution in [-0.4, -0.2) is 71.5 Å². The molecule has 30 heavy (non-hydrogen) atoms. The van der Waals surface area contributed by atoms with Crippen LogP contribution < -0.4 is 14.8 Å². The standard InChI is InChI=1S/C21H25NO8/c1-22-21(27)11-3-6-13(7-4-11)29-15-9-12(5-8-14(15)28-2)20-19(26)18(25)17(24)16(10-23)30-20/h3-9,16-20,23-26H,10H2,1-2H3,(H,22,27)/t16-,17-,18+,19-,20-/m1/s1. The van der Waals surface area contributed by atoms with E-state index >= 15 is 0 Å². The molecule has 1 aliphatic heterocycles. The summed E-state index contributed by atoms with van der Waals surface area (Å²) in [6, 6.07) is 11.3. The minimum Gasteiger partial charge on any atom is -0.493 e. The number of benzene rings is 2. The highest BCUT2D eigenvalue weighted by atomic mass is 16.5. The number of hydrogen-bond donors (Lipinski definition) is 5. The lowest BCUT2D eigenvalue weighted by Gasteiger charge is -2.40. The smallest absolute Gasteiger partial charge is 0.251 e. The van der Waals surface area contributed by atoms with E-state index in [1.807, 2.05) is 0 Å². The molecular weight excluding hydrogens is 394 g/mol. The van der Waals surface area contributed by atoms with Crippen molar-refractivity contribution in [1.82, 2.24) is 5.32 Å². The Hall–Kier alpha value is -2.69. The van der Waals surface area contributed by atoms with Gasteiger partial charge in [-0.2, -0.15) is 0 Å². The summed E-state index contributed by atoms with van der Waals surface area (Å²) in [5.74, 6) is 0.967. The molecule has 0 unspecified atom stereocenters. The molecule has 0 radical (unpaired) electrons. The topological polar surface area (TPSA) is 138 Å². The number of rotatable bonds is 6. The van der Waals surface area contributed by atoms with Crippen LogP contribution in [0.4, 0.5) is 0 Å². The fourth-order valence-corrected chi connectivity index (χ4v) is 3.27. The fraction of sp³-hybridized carbons (Fsp3) is 0.381. The Morgan fingerprint density at radius 2 is 1.73 bits per heavy atom. The minimum absolute atomic E-state index is 0.219. The van der Waals surface area contributed by atoms with Crippen LogP contribution in [0.1, 0.15) is 22.0 Å². The SMILES string of the molecule is CNC(=O)c1ccc(Oc2cc([C@H]3O[C@H](CO)[C@@H](O)[C@H](O)[C@H]3O)ccc2OC)cc1. The van der Waals surface area contributed by atoms with E-state index in [0.717, 1.165) is 0 Å². The van der Waals surface area contributed by atoms with Crippen molar-refractivity contribution in [3.05, 3.63) is 53.6 Å². The first-order valence-corrected chi connectivity index (χ1v) is 9.38. The normalized spacial score (nSPS) is 26.1. The number of aliphatic hydroxyl groups is 4. The summed E-state index contributed by atoms with van der Waals surface area (Å²) in [7, 11) is 3.02. The van der Waals surface area contributed by atoms with Crippen molar-refractivity contribution in [2.24, 2.45) is 0 Å². The van der Waals surface area contributed by atoms with Crippen LogP contribution in [0.15, 0.2) is 42.5 Å². The Kier molecular flexibility index (Phi) is 6.91. The number of amides is 1. The van der Waals surface area contributed by atoms with Crippen LogP contribution in [-0.2, 0) is 4.74 Å². The van der Waals surface area contributed by atoms with E-state index in [9.17, 15) is 25.2 Å². The van der Waals surface area contributed by atoms with E-state index in [-0.39, 0.29) is 5.91 Å². The number of carbonyl (C=O) groups is 1. The summed E-state index contributed by atoms with van der Waals surface area (Å²) >= 11 is 0. The van der Waals surface area contributed by atoms with Gasteiger partial charge >= 0.3 is 0 Å². The van der Waals surface area contributed by atoms with E-state index in [1.165, 1.54) is 7.11 Å². The third kappa shape index (κ3) is 4.40. The van der Waals surface area contributed by atoms with Crippen molar-refractivity contribution >= 4 is 5.91 Å². The van der Waals surface area contributed by atoms with Gasteiger partial charge in [-0.1, -0.05) is 6.07 Å². The highest BCUT2D eigenvalue weighted by molar-refractivity contribution is 5.94. The van der Waals surface area contributed by atoms with Crippen LogP contribution in [0.3, 0.4) is 0 Å². The van der Waals surface area contributed by atoms with Gasteiger partial charge < -0.3 is 40.0 Å². The summed E-state index contributed by atoms with van der Waals surface area (Å²) < 4.78 is 16.8. The van der Waals surface area contributed by atoms with Gasteiger partial charge in [0, 0.05) is 12.6 Å². The van der Waals surface area contributed by atoms with Crippen molar-refractivity contribution in [3.63, 3.8) is 0 Å². The predicted octanol–water partition coefficient (Wildman–Crippen LogP) is 0.362. The van der Waals surface area contributed by atoms with Crippen molar-refractivity contribution in [1.29, 1.82) is 0 Å². The number of carbonyl (C=O) groups excluding carboxylic acids is 1. The molecule has 1 amide bonds. The Bertz CT molecular complexity index is 870. The van der Waals surface area contributed by atoms with E-state index in [1.54, 1.807) is 49.5 Å². The first-order valence-electron chi connectivity index (χ1n) is 9.38. The zero-order chi connectivity index (χ0) is 21.8. The molecule has 1 heterocycles. The lowest BCUT2D eigenvalue weighted by Crippen LogP contribution is -2.55. The Balaban J connectivity index is 1.87. The highest BCUT2D eigenvalue weighted by Crippen LogP contribution is 2.38. The molecule has 3 rings (SSSR count). The molecule has 0 aliphatic carbocycles. The average Bonchev–Trinajstić information content (AvgIpc) is 2.77. The molecule has 5 atom stereocenters. The molecule has 9 heteroatoms. The van der Waals surface area contributed by atoms with Crippen LogP contribution in [0.5, 0.6) is 17.2 Å². The molecule has 1 saturated heterocycles. The van der Waals surface area contributed by atoms with Gasteiger partial charge in [-0.15, -0.1) is 0 Å². The maximum atomic E-state index is 11.7. The van der Waals surface area contributed by atoms with Gasteiger partial charge in [0.1, 0.15) is 36.3 Å². The number of ether oxygens (including phenoxy) is 3. The van der Waals surface area contributed by atoms with Gasteiger partial charge in [-0.25, -0.2) is 0 Å². The predicted molar refractivity (Wildman–Crippen MR) is 106 cm³/mol. The van der Waals surface area contributed by atoms with Gasteiger partial charge in [0.2, 0.25) is 0 Å². The second-order valence-corrected chi connectivity index (χ2v) is 6.87. The minimum atomic E-state index is -1.48. The van der Waals surface area contributed by atoms with Crippen LogP contribution in [0.25, 0.3) is 0 Å². The quantitative estimate of drug-likeness (QED) is 0.453. The zero-order valence-corrected chi connectivity index (χ0v) is 16.6. The summed E-state index contributed by atoms with van der Waals surface area (Å²) in [6.07, 6.45) is -6.34. The largest absolute Gasteiger partial charge is 0.493 e. The lowest BCUT2D eigenvalue weighted by atomic mass is 9.91. The molecule has 2 aromatic rings. The lowest BCUT2D eigenvalue weighted by molar-refractivity contribution is -0.231. The van der Waals surface area contributed by atoms with Crippen LogP contribution in [0.2, 0.25) is 0 Å². The monoisotopic (exact) mass is 419 g/mol. The average molecular weight is 419 g/mol. The van der Waals surface area contributed by atoms with E-state index in [0.29, 0.717) is 28.4 Å². The van der Waals surface area contributed by atoms with Crippen molar-refractivity contribution < 1.29 is 39.4 Å². The van der Waals surface area contributed by atoms with Crippen molar-refractivity contribution in [2.45, 2.75) is 30.5 Å². The first-order chi connectivity index (χ1) is 14.4. The molecular formula is C21H25NO8. The first kappa shape index (κ1) is 22.0. The van der Waals surface area contributed by atoms with Crippen molar-refractivity contribution in [2.75, 3.05) is 20.8 Å². The van der Waals surface area contributed by atoms with Gasteiger partial charge in [0.15, 0.2) is 11.5 Å².